The Labute approximate surface area is 300 Å². The third-order valence-electron chi connectivity index (χ3n) is 6.03. The summed E-state index contributed by atoms with van der Waals surface area (Å²) in [6.07, 6.45) is -1.90. The number of benzene rings is 3. The highest BCUT2D eigenvalue weighted by molar-refractivity contribution is 5.90. The van der Waals surface area contributed by atoms with Gasteiger partial charge in [-0.2, -0.15) is 0 Å². The van der Waals surface area contributed by atoms with Crippen LogP contribution in [0.4, 0.5) is 14.4 Å². The van der Waals surface area contributed by atoms with Gasteiger partial charge in [-0.1, -0.05) is 83.3 Å². The number of hydrogen-bond acceptors (Lipinski definition) is 8. The van der Waals surface area contributed by atoms with Gasteiger partial charge in [0.15, 0.2) is 13.2 Å². The van der Waals surface area contributed by atoms with Gasteiger partial charge in [-0.25, -0.2) is 19.2 Å². The Hall–Kier alpha value is -5.94. The van der Waals surface area contributed by atoms with Gasteiger partial charge in [0.25, 0.3) is 0 Å². The molecule has 0 saturated carbocycles. The Bertz CT molecular complexity index is 1700. The number of primary amides is 1. The van der Waals surface area contributed by atoms with Gasteiger partial charge < -0.3 is 35.3 Å². The van der Waals surface area contributed by atoms with Crippen molar-refractivity contribution < 1.29 is 38.1 Å². The largest absolute Gasteiger partial charge is 0.456 e. The lowest BCUT2D eigenvalue weighted by Crippen LogP contribution is -2.27. The summed E-state index contributed by atoms with van der Waals surface area (Å²) >= 11 is 0. The smallest absolute Gasteiger partial charge is 0.408 e. The summed E-state index contributed by atoms with van der Waals surface area (Å²) < 4.78 is 20.4. The number of aryl methyl sites for hydroxylation is 2. The normalized spacial score (nSPS) is 10.4. The van der Waals surface area contributed by atoms with Crippen LogP contribution in [0.5, 0.6) is 0 Å². The first kappa shape index (κ1) is 41.2. The van der Waals surface area contributed by atoms with Gasteiger partial charge in [-0.15, -0.1) is 0 Å². The Morgan fingerprint density at radius 3 is 1.43 bits per heavy atom. The van der Waals surface area contributed by atoms with E-state index in [0.29, 0.717) is 24.2 Å². The summed E-state index contributed by atoms with van der Waals surface area (Å²) in [6, 6.07) is 20.4. The summed E-state index contributed by atoms with van der Waals surface area (Å²) in [7, 11) is 0. The van der Waals surface area contributed by atoms with Crippen molar-refractivity contribution in [2.45, 2.75) is 79.7 Å². The maximum Gasteiger partial charge on any atom is 0.408 e. The molecule has 11 nitrogen and oxygen atoms in total. The van der Waals surface area contributed by atoms with Crippen LogP contribution in [-0.2, 0) is 32.0 Å². The van der Waals surface area contributed by atoms with E-state index in [1.807, 2.05) is 62.4 Å². The first-order valence-electron chi connectivity index (χ1n) is 16.2. The van der Waals surface area contributed by atoms with Crippen LogP contribution in [0.3, 0.4) is 0 Å². The molecule has 3 aromatic rings. The summed E-state index contributed by atoms with van der Waals surface area (Å²) in [4.78, 5) is 46.9. The molecule has 3 amide bonds. The van der Waals surface area contributed by atoms with E-state index in [1.165, 1.54) is 0 Å². The van der Waals surface area contributed by atoms with Crippen LogP contribution in [0.2, 0.25) is 0 Å². The minimum absolute atomic E-state index is 0.150. The number of rotatable bonds is 7. The van der Waals surface area contributed by atoms with E-state index in [2.05, 4.69) is 39.1 Å². The maximum absolute atomic E-state index is 12.7. The number of ether oxygens (including phenoxy) is 4. The number of carbonyl (C=O) groups excluding carboxylic acids is 4. The summed E-state index contributed by atoms with van der Waals surface area (Å²) in [5.41, 5.74) is 8.92. The van der Waals surface area contributed by atoms with Crippen LogP contribution >= 0.6 is 0 Å². The van der Waals surface area contributed by atoms with E-state index in [1.54, 1.807) is 59.7 Å². The van der Waals surface area contributed by atoms with E-state index >= 15 is 0 Å². The Morgan fingerprint density at radius 1 is 0.647 bits per heavy atom. The zero-order valence-electron chi connectivity index (χ0n) is 30.5. The first-order chi connectivity index (χ1) is 23.9. The molecule has 0 unspecified atom stereocenters. The van der Waals surface area contributed by atoms with Crippen molar-refractivity contribution in [3.8, 4) is 23.7 Å². The fourth-order valence-electron chi connectivity index (χ4n) is 4.10. The Morgan fingerprint density at radius 2 is 1.08 bits per heavy atom. The van der Waals surface area contributed by atoms with E-state index in [4.69, 9.17) is 19.9 Å². The number of carbonyl (C=O) groups is 4. The molecule has 0 fully saturated rings. The molecule has 4 N–H and O–H groups in total. The first-order valence-corrected chi connectivity index (χ1v) is 16.2. The number of alkyl carbamates (subject to hydrolysis) is 2. The van der Waals surface area contributed by atoms with Gasteiger partial charge in [0.2, 0.25) is 0 Å². The minimum atomic E-state index is -0.725. The third kappa shape index (κ3) is 19.0. The molecule has 0 aliphatic carbocycles. The molecule has 0 aliphatic heterocycles. The molecule has 11 heteroatoms. The fourth-order valence-corrected chi connectivity index (χ4v) is 4.10. The molecular formula is C40H47N3O8. The minimum Gasteiger partial charge on any atom is -0.456 e. The quantitative estimate of drug-likeness (QED) is 0.140. The molecule has 0 bridgehead atoms. The molecule has 51 heavy (non-hydrogen) atoms. The van der Waals surface area contributed by atoms with Crippen molar-refractivity contribution >= 4 is 24.2 Å². The molecule has 0 saturated heterocycles. The van der Waals surface area contributed by atoms with Gasteiger partial charge >= 0.3 is 24.2 Å². The molecule has 0 heterocycles. The van der Waals surface area contributed by atoms with Gasteiger partial charge in [0.05, 0.1) is 5.56 Å². The predicted molar refractivity (Wildman–Crippen MR) is 195 cm³/mol. The molecule has 0 aromatic heterocycles. The predicted octanol–water partition coefficient (Wildman–Crippen LogP) is 6.69. The average molecular weight is 698 g/mol. The summed E-state index contributed by atoms with van der Waals surface area (Å²) in [5, 5.41) is 5.37. The second kappa shape index (κ2) is 19.9. The molecule has 0 spiro atoms. The van der Waals surface area contributed by atoms with E-state index in [9.17, 15) is 19.2 Å². The van der Waals surface area contributed by atoms with Crippen molar-refractivity contribution in [3.05, 3.63) is 106 Å². The van der Waals surface area contributed by atoms with Crippen molar-refractivity contribution in [2.24, 2.45) is 5.73 Å². The van der Waals surface area contributed by atoms with Gasteiger partial charge in [0, 0.05) is 24.2 Å². The highest BCUT2D eigenvalue weighted by atomic mass is 16.6. The van der Waals surface area contributed by atoms with Crippen LogP contribution in [0.25, 0.3) is 0 Å². The number of nitrogens with two attached hydrogens (primary N) is 1. The number of hydrogen-bond donors (Lipinski definition) is 3. The lowest BCUT2D eigenvalue weighted by Gasteiger charge is -2.19. The number of amides is 3. The lowest BCUT2D eigenvalue weighted by atomic mass is 10.1. The summed E-state index contributed by atoms with van der Waals surface area (Å²) in [6.45, 7) is 14.9. The zero-order chi connectivity index (χ0) is 38.0. The highest BCUT2D eigenvalue weighted by Crippen LogP contribution is 2.15. The van der Waals surface area contributed by atoms with Crippen molar-refractivity contribution in [1.29, 1.82) is 0 Å². The van der Waals surface area contributed by atoms with Crippen LogP contribution in [0.15, 0.2) is 66.7 Å². The van der Waals surface area contributed by atoms with Crippen molar-refractivity contribution in [2.75, 3.05) is 13.2 Å². The van der Waals surface area contributed by atoms with Crippen LogP contribution in [0.1, 0.15) is 85.3 Å². The van der Waals surface area contributed by atoms with Gasteiger partial charge in [-0.05, 0) is 84.7 Å². The topological polar surface area (TPSA) is 155 Å². The van der Waals surface area contributed by atoms with Crippen LogP contribution in [0, 0.1) is 37.5 Å². The molecule has 0 radical (unpaired) electrons. The van der Waals surface area contributed by atoms with Crippen LogP contribution in [-0.4, -0.2) is 48.7 Å². The fraction of sp³-hybridized carbons (Fsp3) is 0.350. The van der Waals surface area contributed by atoms with E-state index in [0.717, 1.165) is 22.3 Å². The molecule has 3 rings (SSSR count). The van der Waals surface area contributed by atoms with E-state index < -0.39 is 35.5 Å². The Kier molecular flexibility index (Phi) is 16.1. The lowest BCUT2D eigenvalue weighted by molar-refractivity contribution is 0.00689. The standard InChI is InChI=1S/C35H36N2O6.C5H11NO2/c1-25-10-6-12-29(18-25)23-36-33(39)41-16-8-14-27-20-28(22-31(21-27)32(38)43-35(3,4)5)15-9-17-42-34(40)37-24-30-13-7-11-26(2)19-30;1-5(2,3)8-4(6)7/h6-7,10-13,18-22H,16-17,23-24H2,1-5H3,(H,36,39)(H,37,40);1-3H3,(H2,6,7). The van der Waals surface area contributed by atoms with E-state index in [-0.39, 0.29) is 18.8 Å². The van der Waals surface area contributed by atoms with Gasteiger partial charge in [-0.3, -0.25) is 0 Å². The maximum atomic E-state index is 12.7. The third-order valence-corrected chi connectivity index (χ3v) is 6.03. The highest BCUT2D eigenvalue weighted by Gasteiger charge is 2.18. The Balaban J connectivity index is 0.00000100. The second-order valence-corrected chi connectivity index (χ2v) is 13.3. The zero-order valence-corrected chi connectivity index (χ0v) is 30.5. The van der Waals surface area contributed by atoms with Crippen LogP contribution < -0.4 is 16.4 Å². The molecule has 0 atom stereocenters. The molecular weight excluding hydrogens is 650 g/mol. The van der Waals surface area contributed by atoms with Crippen molar-refractivity contribution in [1.82, 2.24) is 10.6 Å². The number of nitrogens with one attached hydrogen (secondary N) is 2. The SMILES string of the molecule is CC(C)(C)OC(N)=O.Cc1cccc(CNC(=O)OCC#Cc2cc(C#CCOC(=O)NCc3cccc(C)c3)cc(C(=O)OC(C)(C)C)c2)c1. The molecule has 270 valence electrons. The summed E-state index contributed by atoms with van der Waals surface area (Å²) in [5.74, 6) is 10.8. The monoisotopic (exact) mass is 697 g/mol. The average Bonchev–Trinajstić information content (AvgIpc) is 3.01. The number of esters is 1. The van der Waals surface area contributed by atoms with Gasteiger partial charge in [0.1, 0.15) is 11.2 Å². The molecule has 3 aromatic carbocycles. The van der Waals surface area contributed by atoms with Crippen molar-refractivity contribution in [3.63, 3.8) is 0 Å². The molecule has 0 aliphatic rings. The second-order valence-electron chi connectivity index (χ2n) is 13.3.